The maximum absolute atomic E-state index is 11.0. The number of carboxylic acid groups (broad SMARTS) is 2. The second-order valence-corrected chi connectivity index (χ2v) is 2.97. The van der Waals surface area contributed by atoms with E-state index in [2.05, 4.69) is 6.58 Å². The van der Waals surface area contributed by atoms with Crippen LogP contribution in [0.4, 0.5) is 0 Å². The maximum Gasteiger partial charge on any atom is 0.317 e. The normalized spacial score (nSPS) is 12.1. The molecular formula is C9H12O5. The second kappa shape index (κ2) is 5.16. The minimum Gasteiger partial charge on any atom is -0.481 e. The van der Waals surface area contributed by atoms with E-state index in [0.717, 1.165) is 6.08 Å². The molecule has 0 aliphatic carbocycles. The summed E-state index contributed by atoms with van der Waals surface area (Å²) in [5.41, 5.74) is 0. The Kier molecular flexibility index (Phi) is 4.55. The van der Waals surface area contributed by atoms with Gasteiger partial charge in [0.15, 0.2) is 11.7 Å². The Morgan fingerprint density at radius 1 is 1.29 bits per heavy atom. The predicted molar refractivity (Wildman–Crippen MR) is 47.7 cm³/mol. The van der Waals surface area contributed by atoms with Crippen LogP contribution in [0.3, 0.4) is 0 Å². The van der Waals surface area contributed by atoms with Crippen molar-refractivity contribution in [2.45, 2.75) is 13.3 Å². The van der Waals surface area contributed by atoms with E-state index in [9.17, 15) is 14.4 Å². The molecule has 0 heterocycles. The number of carbonyl (C=O) groups is 3. The van der Waals surface area contributed by atoms with E-state index < -0.39 is 23.8 Å². The molecule has 0 saturated heterocycles. The summed E-state index contributed by atoms with van der Waals surface area (Å²) in [7, 11) is 0. The zero-order chi connectivity index (χ0) is 11.3. The third kappa shape index (κ3) is 3.38. The van der Waals surface area contributed by atoms with Crippen LogP contribution in [0.15, 0.2) is 12.7 Å². The van der Waals surface area contributed by atoms with E-state index in [-0.39, 0.29) is 12.2 Å². The van der Waals surface area contributed by atoms with Gasteiger partial charge in [0.1, 0.15) is 0 Å². The first-order chi connectivity index (χ1) is 6.40. The summed E-state index contributed by atoms with van der Waals surface area (Å²) in [6.45, 7) is 4.71. The number of carboxylic acids is 2. The van der Waals surface area contributed by atoms with Crippen molar-refractivity contribution in [1.29, 1.82) is 0 Å². The molecule has 5 heteroatoms. The van der Waals surface area contributed by atoms with E-state index in [1.165, 1.54) is 6.92 Å². The minimum atomic E-state index is -1.53. The summed E-state index contributed by atoms with van der Waals surface area (Å²) >= 11 is 0. The van der Waals surface area contributed by atoms with Crippen LogP contribution in [0.1, 0.15) is 13.3 Å². The second-order valence-electron chi connectivity index (χ2n) is 2.97. The van der Waals surface area contributed by atoms with Crippen LogP contribution in [0, 0.1) is 11.8 Å². The lowest BCUT2D eigenvalue weighted by Gasteiger charge is -2.11. The molecule has 1 atom stereocenters. The van der Waals surface area contributed by atoms with Gasteiger partial charge in [-0.3, -0.25) is 14.4 Å². The van der Waals surface area contributed by atoms with Crippen molar-refractivity contribution in [2.75, 3.05) is 0 Å². The standard InChI is InChI=1S/C9H12O5/c1-3-7(10)5(2)4-6(8(11)12)9(13)14/h3,5-6H,1,4H2,2H3,(H,11,12)(H,13,14). The molecule has 0 bridgehead atoms. The molecule has 78 valence electrons. The van der Waals surface area contributed by atoms with Crippen molar-refractivity contribution in [3.05, 3.63) is 12.7 Å². The van der Waals surface area contributed by atoms with Crippen molar-refractivity contribution in [2.24, 2.45) is 11.8 Å². The van der Waals surface area contributed by atoms with E-state index >= 15 is 0 Å². The van der Waals surface area contributed by atoms with Gasteiger partial charge in [0, 0.05) is 5.92 Å². The first-order valence-corrected chi connectivity index (χ1v) is 4.02. The van der Waals surface area contributed by atoms with Gasteiger partial charge in [-0.25, -0.2) is 0 Å². The molecule has 0 aliphatic rings. The summed E-state index contributed by atoms with van der Waals surface area (Å²) < 4.78 is 0. The Morgan fingerprint density at radius 3 is 2.00 bits per heavy atom. The highest BCUT2D eigenvalue weighted by atomic mass is 16.4. The van der Waals surface area contributed by atoms with Crippen LogP contribution in [0.25, 0.3) is 0 Å². The zero-order valence-electron chi connectivity index (χ0n) is 7.77. The number of hydrogen-bond donors (Lipinski definition) is 2. The first kappa shape index (κ1) is 12.3. The molecule has 0 aromatic rings. The largest absolute Gasteiger partial charge is 0.481 e. The van der Waals surface area contributed by atoms with Crippen LogP contribution in [-0.4, -0.2) is 27.9 Å². The Hall–Kier alpha value is -1.65. The highest BCUT2D eigenvalue weighted by Gasteiger charge is 2.29. The number of aliphatic carboxylic acids is 2. The van der Waals surface area contributed by atoms with Gasteiger partial charge in [0.05, 0.1) is 0 Å². The molecule has 0 spiro atoms. The number of carbonyl (C=O) groups excluding carboxylic acids is 1. The lowest BCUT2D eigenvalue weighted by Crippen LogP contribution is -2.27. The molecule has 0 aliphatic heterocycles. The molecule has 0 radical (unpaired) electrons. The highest BCUT2D eigenvalue weighted by Crippen LogP contribution is 2.14. The van der Waals surface area contributed by atoms with Crippen LogP contribution < -0.4 is 0 Å². The molecule has 1 unspecified atom stereocenters. The van der Waals surface area contributed by atoms with Gasteiger partial charge in [-0.1, -0.05) is 13.5 Å². The first-order valence-electron chi connectivity index (χ1n) is 4.02. The average Bonchev–Trinajstić information content (AvgIpc) is 2.11. The van der Waals surface area contributed by atoms with Gasteiger partial charge in [-0.2, -0.15) is 0 Å². The number of hydrogen-bond acceptors (Lipinski definition) is 3. The number of ketones is 1. The van der Waals surface area contributed by atoms with Gasteiger partial charge in [0.2, 0.25) is 0 Å². The summed E-state index contributed by atoms with van der Waals surface area (Å²) in [4.78, 5) is 31.9. The Labute approximate surface area is 81.0 Å². The predicted octanol–water partition coefficient (Wildman–Crippen LogP) is 0.553. The Bertz CT molecular complexity index is 254. The minimum absolute atomic E-state index is 0.213. The third-order valence-corrected chi connectivity index (χ3v) is 1.87. The van der Waals surface area contributed by atoms with Crippen molar-refractivity contribution >= 4 is 17.7 Å². The maximum atomic E-state index is 11.0. The van der Waals surface area contributed by atoms with E-state index in [1.54, 1.807) is 0 Å². The molecule has 2 N–H and O–H groups in total. The van der Waals surface area contributed by atoms with Gasteiger partial charge in [0.25, 0.3) is 0 Å². The van der Waals surface area contributed by atoms with Crippen LogP contribution in [-0.2, 0) is 14.4 Å². The molecule has 0 aromatic carbocycles. The Balaban J connectivity index is 4.45. The summed E-state index contributed by atoms with van der Waals surface area (Å²) in [5, 5.41) is 17.1. The van der Waals surface area contributed by atoms with Gasteiger partial charge in [-0.05, 0) is 12.5 Å². The van der Waals surface area contributed by atoms with Gasteiger partial charge < -0.3 is 10.2 Å². The highest BCUT2D eigenvalue weighted by molar-refractivity contribution is 5.95. The summed E-state index contributed by atoms with van der Waals surface area (Å²) in [6.07, 6.45) is 0.848. The van der Waals surface area contributed by atoms with Crippen molar-refractivity contribution in [1.82, 2.24) is 0 Å². The van der Waals surface area contributed by atoms with Crippen molar-refractivity contribution in [3.63, 3.8) is 0 Å². The van der Waals surface area contributed by atoms with Gasteiger partial charge in [-0.15, -0.1) is 0 Å². The van der Waals surface area contributed by atoms with E-state index in [0.29, 0.717) is 0 Å². The lowest BCUT2D eigenvalue weighted by atomic mass is 9.93. The average molecular weight is 200 g/mol. The molecule has 0 amide bonds. The summed E-state index contributed by atoms with van der Waals surface area (Å²) in [5.74, 6) is -5.38. The SMILES string of the molecule is C=CC(=O)C(C)CC(C(=O)O)C(=O)O. The fraction of sp³-hybridized carbons (Fsp3) is 0.444. The van der Waals surface area contributed by atoms with E-state index in [1.807, 2.05) is 0 Å². The molecular weight excluding hydrogens is 188 g/mol. The summed E-state index contributed by atoms with van der Waals surface area (Å²) in [6, 6.07) is 0. The monoisotopic (exact) mass is 200 g/mol. The number of allylic oxidation sites excluding steroid dienone is 1. The van der Waals surface area contributed by atoms with Gasteiger partial charge >= 0.3 is 11.9 Å². The molecule has 0 rings (SSSR count). The lowest BCUT2D eigenvalue weighted by molar-refractivity contribution is -0.155. The fourth-order valence-corrected chi connectivity index (χ4v) is 0.978. The van der Waals surface area contributed by atoms with Crippen LogP contribution >= 0.6 is 0 Å². The number of rotatable bonds is 6. The topological polar surface area (TPSA) is 91.7 Å². The van der Waals surface area contributed by atoms with E-state index in [4.69, 9.17) is 10.2 Å². The van der Waals surface area contributed by atoms with Crippen molar-refractivity contribution in [3.8, 4) is 0 Å². The smallest absolute Gasteiger partial charge is 0.317 e. The molecule has 14 heavy (non-hydrogen) atoms. The molecule has 0 aromatic heterocycles. The Morgan fingerprint density at radius 2 is 1.71 bits per heavy atom. The third-order valence-electron chi connectivity index (χ3n) is 1.87. The van der Waals surface area contributed by atoms with Crippen LogP contribution in [0.5, 0.6) is 0 Å². The zero-order valence-corrected chi connectivity index (χ0v) is 7.77. The van der Waals surface area contributed by atoms with Crippen molar-refractivity contribution < 1.29 is 24.6 Å². The molecule has 5 nitrogen and oxygen atoms in total. The fourth-order valence-electron chi connectivity index (χ4n) is 0.978. The quantitative estimate of drug-likeness (QED) is 0.482. The molecule has 0 fully saturated rings. The van der Waals surface area contributed by atoms with Crippen LogP contribution in [0.2, 0.25) is 0 Å². The molecule has 0 saturated carbocycles.